The number of carbonyl (C=O) groups excluding carboxylic acids is 2. The Kier molecular flexibility index (Phi) is 16.5. The number of carbonyl (C=O) groups is 2. The lowest BCUT2D eigenvalue weighted by molar-refractivity contribution is -0.148. The Morgan fingerprint density at radius 1 is 0.441 bits per heavy atom. The van der Waals surface area contributed by atoms with Gasteiger partial charge in [-0.2, -0.15) is 0 Å². The number of hydrogen-bond donors (Lipinski definition) is 0. The van der Waals surface area contributed by atoms with Gasteiger partial charge in [0.2, 0.25) is 0 Å². The number of hydrogen-bond acceptors (Lipinski definition) is 8. The predicted molar refractivity (Wildman–Crippen MR) is 236 cm³/mol. The minimum absolute atomic E-state index is 0.0350. The van der Waals surface area contributed by atoms with E-state index in [0.29, 0.717) is 48.1 Å². The summed E-state index contributed by atoms with van der Waals surface area (Å²) < 4.78 is 24.0. The molecule has 0 aromatic heterocycles. The van der Waals surface area contributed by atoms with Crippen molar-refractivity contribution in [1.82, 2.24) is 9.80 Å². The third-order valence-corrected chi connectivity index (χ3v) is 18.0. The molecule has 0 aromatic rings. The van der Waals surface area contributed by atoms with Crippen LogP contribution in [0.25, 0.3) is 0 Å². The van der Waals surface area contributed by atoms with E-state index in [2.05, 4.69) is 37.5 Å². The van der Waals surface area contributed by atoms with Gasteiger partial charge in [0.05, 0.1) is 6.10 Å². The van der Waals surface area contributed by atoms with Crippen LogP contribution in [0.15, 0.2) is 0 Å². The van der Waals surface area contributed by atoms with Crippen molar-refractivity contribution in [3.05, 3.63) is 0 Å². The molecule has 8 heteroatoms. The molecule has 59 heavy (non-hydrogen) atoms. The monoisotopic (exact) mass is 825 g/mol. The molecule has 0 spiro atoms. The van der Waals surface area contributed by atoms with Crippen molar-refractivity contribution < 1.29 is 28.5 Å². The lowest BCUT2D eigenvalue weighted by atomic mass is 9.60. The quantitative estimate of drug-likeness (QED) is 0.180. The Labute approximate surface area is 360 Å². The van der Waals surface area contributed by atoms with Gasteiger partial charge in [-0.05, 0) is 196 Å². The third kappa shape index (κ3) is 12.0. The minimum atomic E-state index is -0.419. The van der Waals surface area contributed by atoms with Gasteiger partial charge in [-0.3, -0.25) is 14.6 Å². The van der Waals surface area contributed by atoms with E-state index in [1.54, 1.807) is 0 Å². The second-order valence-electron chi connectivity index (χ2n) is 22.2. The molecule has 6 atom stereocenters. The number of rotatable bonds is 12. The zero-order valence-electron chi connectivity index (χ0n) is 38.7. The molecular weight excluding hydrogens is 737 g/mol. The van der Waals surface area contributed by atoms with Crippen LogP contribution in [0.1, 0.15) is 214 Å². The molecular formula is C51H88N2O6. The van der Waals surface area contributed by atoms with Crippen molar-refractivity contribution in [3.8, 4) is 0 Å². The molecule has 338 valence electrons. The fourth-order valence-corrected chi connectivity index (χ4v) is 14.4. The summed E-state index contributed by atoms with van der Waals surface area (Å²) in [5.74, 6) is 2.84. The van der Waals surface area contributed by atoms with Crippen LogP contribution in [-0.4, -0.2) is 89.7 Å². The van der Waals surface area contributed by atoms with Crippen LogP contribution in [0, 0.1) is 29.1 Å². The number of ether oxygens (including phenoxy) is 4. The topological polar surface area (TPSA) is 77.5 Å². The van der Waals surface area contributed by atoms with E-state index >= 15 is 0 Å². The van der Waals surface area contributed by atoms with Gasteiger partial charge in [-0.15, -0.1) is 0 Å². The smallest absolute Gasteiger partial charge is 0.463 e. The summed E-state index contributed by atoms with van der Waals surface area (Å²) >= 11 is 0. The van der Waals surface area contributed by atoms with Crippen LogP contribution >= 0.6 is 0 Å². The average Bonchev–Trinajstić information content (AvgIpc) is 3.23. The minimum Gasteiger partial charge on any atom is -0.463 e. The second-order valence-corrected chi connectivity index (χ2v) is 22.2. The van der Waals surface area contributed by atoms with E-state index < -0.39 is 6.16 Å². The highest BCUT2D eigenvalue weighted by Crippen LogP contribution is 2.49. The molecule has 0 bridgehead atoms. The van der Waals surface area contributed by atoms with Crippen LogP contribution in [0.2, 0.25) is 0 Å². The molecule has 7 fully saturated rings. The van der Waals surface area contributed by atoms with E-state index in [0.717, 1.165) is 88.5 Å². The fraction of sp³-hybridized carbons (Fsp3) is 0.961. The number of nitrogens with zero attached hydrogens (tertiary/aromatic N) is 2. The van der Waals surface area contributed by atoms with Crippen molar-refractivity contribution in [2.45, 2.75) is 275 Å². The number of esters is 1. The van der Waals surface area contributed by atoms with Crippen LogP contribution in [0.4, 0.5) is 4.79 Å². The summed E-state index contributed by atoms with van der Waals surface area (Å²) in [4.78, 5) is 31.2. The van der Waals surface area contributed by atoms with E-state index in [1.807, 2.05) is 7.11 Å². The standard InChI is InChI=1S/C51H88N2O6/c1-35-16-24-40(25-17-35)52(44-12-8-14-48(33-44)56-6)42-10-7-11-43(32-42)53(41-26-18-36(2)19-27-41)45-13-9-15-49(34-45)59-50(55)58-47-30-22-39(23-31-47)51(4,5)38-20-28-46(29-21-38)57-37(3)54/h35-36,38-49H,7-34H2,1-6H3. The van der Waals surface area contributed by atoms with E-state index in [9.17, 15) is 9.59 Å². The Morgan fingerprint density at radius 3 is 1.29 bits per heavy atom. The Balaban J connectivity index is 0.951. The lowest BCUT2D eigenvalue weighted by Gasteiger charge is -2.53. The summed E-state index contributed by atoms with van der Waals surface area (Å²) in [6, 6.07) is 3.84. The molecule has 0 aromatic carbocycles. The molecule has 7 aliphatic carbocycles. The molecule has 7 aliphatic rings. The highest BCUT2D eigenvalue weighted by atomic mass is 16.7. The summed E-state index contributed by atoms with van der Waals surface area (Å²) in [6.45, 7) is 11.4. The zero-order valence-corrected chi connectivity index (χ0v) is 38.7. The van der Waals surface area contributed by atoms with Gasteiger partial charge < -0.3 is 18.9 Å². The van der Waals surface area contributed by atoms with E-state index in [4.69, 9.17) is 18.9 Å². The van der Waals surface area contributed by atoms with Crippen molar-refractivity contribution in [2.75, 3.05) is 7.11 Å². The molecule has 0 saturated heterocycles. The molecule has 0 radical (unpaired) electrons. The van der Waals surface area contributed by atoms with Gasteiger partial charge >= 0.3 is 12.1 Å². The summed E-state index contributed by atoms with van der Waals surface area (Å²) in [6.07, 6.45) is 33.9. The zero-order chi connectivity index (χ0) is 41.5. The van der Waals surface area contributed by atoms with Crippen LogP contribution in [0.3, 0.4) is 0 Å². The first-order valence-corrected chi connectivity index (χ1v) is 25.6. The predicted octanol–water partition coefficient (Wildman–Crippen LogP) is 12.2. The maximum atomic E-state index is 13.5. The molecule has 0 heterocycles. The molecule has 6 unspecified atom stereocenters. The van der Waals surface area contributed by atoms with Gasteiger partial charge in [-0.1, -0.05) is 34.1 Å². The third-order valence-electron chi connectivity index (χ3n) is 18.0. The van der Waals surface area contributed by atoms with Crippen LogP contribution in [0.5, 0.6) is 0 Å². The van der Waals surface area contributed by atoms with Gasteiger partial charge in [0.25, 0.3) is 0 Å². The maximum Gasteiger partial charge on any atom is 0.508 e. The maximum absolute atomic E-state index is 13.5. The van der Waals surface area contributed by atoms with Crippen molar-refractivity contribution in [3.63, 3.8) is 0 Å². The molecule has 0 N–H and O–H groups in total. The highest BCUT2D eigenvalue weighted by Gasteiger charge is 2.45. The van der Waals surface area contributed by atoms with Crippen molar-refractivity contribution >= 4 is 12.1 Å². The summed E-state index contributed by atoms with van der Waals surface area (Å²) in [5, 5.41) is 0. The van der Waals surface area contributed by atoms with Gasteiger partial charge in [0, 0.05) is 56.7 Å². The lowest BCUT2D eigenvalue weighted by Crippen LogP contribution is -2.58. The van der Waals surface area contributed by atoms with Gasteiger partial charge in [-0.25, -0.2) is 4.79 Å². The molecule has 8 nitrogen and oxygen atoms in total. The van der Waals surface area contributed by atoms with Gasteiger partial charge in [0.15, 0.2) is 0 Å². The molecule has 0 amide bonds. The summed E-state index contributed by atoms with van der Waals surface area (Å²) in [5.41, 5.74) is 0.236. The van der Waals surface area contributed by atoms with Crippen LogP contribution in [-0.2, 0) is 23.7 Å². The van der Waals surface area contributed by atoms with Crippen molar-refractivity contribution in [1.29, 1.82) is 0 Å². The molecule has 7 saturated carbocycles. The summed E-state index contributed by atoms with van der Waals surface area (Å²) in [7, 11) is 1.94. The first kappa shape index (κ1) is 45.6. The molecule has 0 aliphatic heterocycles. The Bertz CT molecular complexity index is 1290. The normalized spacial score (nSPS) is 40.3. The first-order chi connectivity index (χ1) is 28.5. The van der Waals surface area contributed by atoms with Crippen LogP contribution < -0.4 is 0 Å². The second kappa shape index (κ2) is 21.3. The Morgan fingerprint density at radius 2 is 0.831 bits per heavy atom. The number of methoxy groups -OCH3 is 1. The largest absolute Gasteiger partial charge is 0.508 e. The highest BCUT2D eigenvalue weighted by molar-refractivity contribution is 5.66. The van der Waals surface area contributed by atoms with E-state index in [-0.39, 0.29) is 29.7 Å². The van der Waals surface area contributed by atoms with Crippen molar-refractivity contribution in [2.24, 2.45) is 29.1 Å². The molecule has 7 rings (SSSR count). The fourth-order valence-electron chi connectivity index (χ4n) is 14.4. The average molecular weight is 825 g/mol. The van der Waals surface area contributed by atoms with E-state index in [1.165, 1.54) is 116 Å². The van der Waals surface area contributed by atoms with Gasteiger partial charge in [0.1, 0.15) is 18.3 Å². The first-order valence-electron chi connectivity index (χ1n) is 25.6. The SMILES string of the molecule is COC1CCCC(N(C2CCC(C)CC2)C2CCCC(N(C3CCC(C)CC3)C3CCCC(OC(=O)OC4CCC(C(C)(C)C5CCC(OC(C)=O)CC5)CC4)C3)C2)C1. The Hall–Kier alpha value is -1.38.